The van der Waals surface area contributed by atoms with Gasteiger partial charge in [-0.15, -0.1) is 11.3 Å². The number of methoxy groups -OCH3 is 1. The van der Waals surface area contributed by atoms with Crippen LogP contribution in [-0.4, -0.2) is 21.3 Å². The lowest BCUT2D eigenvalue weighted by atomic mass is 10.2. The zero-order valence-electron chi connectivity index (χ0n) is 11.4. The molecule has 0 saturated heterocycles. The van der Waals surface area contributed by atoms with E-state index in [-0.39, 0.29) is 11.5 Å². The molecule has 0 aliphatic heterocycles. The average molecular weight is 310 g/mol. The van der Waals surface area contributed by atoms with Gasteiger partial charge in [0.15, 0.2) is 9.84 Å². The van der Waals surface area contributed by atoms with Crippen molar-refractivity contribution in [3.63, 3.8) is 0 Å². The summed E-state index contributed by atoms with van der Waals surface area (Å²) >= 11 is 1.67. The molecule has 0 N–H and O–H groups in total. The fraction of sp³-hybridized carbons (Fsp3) is 0.333. The molecule has 0 fully saturated rings. The van der Waals surface area contributed by atoms with E-state index in [1.165, 1.54) is 4.88 Å². The van der Waals surface area contributed by atoms with Gasteiger partial charge in [-0.2, -0.15) is 0 Å². The van der Waals surface area contributed by atoms with Crippen LogP contribution in [0.1, 0.15) is 16.9 Å². The molecule has 1 heterocycles. The van der Waals surface area contributed by atoms with Gasteiger partial charge in [0.1, 0.15) is 5.75 Å². The molecule has 0 atom stereocenters. The van der Waals surface area contributed by atoms with Gasteiger partial charge in [0, 0.05) is 4.88 Å². The molecule has 1 aromatic carbocycles. The Morgan fingerprint density at radius 2 is 1.90 bits per heavy atom. The van der Waals surface area contributed by atoms with E-state index in [1.54, 1.807) is 42.7 Å². The number of hydrogen-bond acceptors (Lipinski definition) is 4. The number of thiophene rings is 1. The van der Waals surface area contributed by atoms with Crippen LogP contribution >= 0.6 is 11.3 Å². The molecule has 0 unspecified atom stereocenters. The quantitative estimate of drug-likeness (QED) is 0.788. The highest BCUT2D eigenvalue weighted by atomic mass is 32.2. The highest BCUT2D eigenvalue weighted by Crippen LogP contribution is 2.15. The normalized spacial score (nSPS) is 11.4. The molecule has 0 aliphatic carbocycles. The van der Waals surface area contributed by atoms with Crippen LogP contribution in [0.5, 0.6) is 5.75 Å². The van der Waals surface area contributed by atoms with Gasteiger partial charge in [0.2, 0.25) is 0 Å². The molecule has 1 aromatic heterocycles. The molecule has 0 aliphatic rings. The summed E-state index contributed by atoms with van der Waals surface area (Å²) in [4.78, 5) is 1.24. The van der Waals surface area contributed by atoms with Gasteiger partial charge in [0.25, 0.3) is 0 Å². The van der Waals surface area contributed by atoms with E-state index in [0.717, 1.165) is 17.7 Å². The summed E-state index contributed by atoms with van der Waals surface area (Å²) in [5.41, 5.74) is 0.807. The molecule has 20 heavy (non-hydrogen) atoms. The lowest BCUT2D eigenvalue weighted by Gasteiger charge is -2.05. The van der Waals surface area contributed by atoms with Crippen LogP contribution in [0, 0.1) is 0 Å². The fourth-order valence-corrected chi connectivity index (χ4v) is 4.15. The van der Waals surface area contributed by atoms with Gasteiger partial charge in [-0.25, -0.2) is 8.42 Å². The number of rotatable bonds is 7. The number of benzene rings is 1. The van der Waals surface area contributed by atoms with Crippen molar-refractivity contribution in [3.8, 4) is 5.75 Å². The third-order valence-corrected chi connectivity index (χ3v) is 5.62. The fourth-order valence-electron chi connectivity index (χ4n) is 1.97. The van der Waals surface area contributed by atoms with Crippen LogP contribution in [-0.2, 0) is 22.0 Å². The lowest BCUT2D eigenvalue weighted by molar-refractivity contribution is 0.414. The van der Waals surface area contributed by atoms with Crippen molar-refractivity contribution >= 4 is 21.2 Å². The molecule has 0 spiro atoms. The maximum Gasteiger partial charge on any atom is 0.154 e. The first-order chi connectivity index (χ1) is 9.59. The van der Waals surface area contributed by atoms with Crippen LogP contribution in [0.4, 0.5) is 0 Å². The minimum absolute atomic E-state index is 0.0986. The predicted molar refractivity (Wildman–Crippen MR) is 83.1 cm³/mol. The second-order valence-electron chi connectivity index (χ2n) is 4.62. The van der Waals surface area contributed by atoms with Crippen molar-refractivity contribution in [2.75, 3.05) is 12.9 Å². The molecular weight excluding hydrogens is 292 g/mol. The topological polar surface area (TPSA) is 43.4 Å². The third-order valence-electron chi connectivity index (χ3n) is 3.00. The molecule has 108 valence electrons. The van der Waals surface area contributed by atoms with Crippen molar-refractivity contribution in [2.45, 2.75) is 18.6 Å². The van der Waals surface area contributed by atoms with Crippen LogP contribution < -0.4 is 4.74 Å². The molecule has 0 radical (unpaired) electrons. The van der Waals surface area contributed by atoms with E-state index >= 15 is 0 Å². The summed E-state index contributed by atoms with van der Waals surface area (Å²) in [6.07, 6.45) is 1.51. The Morgan fingerprint density at radius 3 is 2.50 bits per heavy atom. The van der Waals surface area contributed by atoms with Crippen molar-refractivity contribution in [1.29, 1.82) is 0 Å². The van der Waals surface area contributed by atoms with Gasteiger partial charge in [-0.05, 0) is 42.0 Å². The summed E-state index contributed by atoms with van der Waals surface area (Å²) in [5.74, 6) is 1.07. The molecule has 5 heteroatoms. The lowest BCUT2D eigenvalue weighted by Crippen LogP contribution is -2.10. The van der Waals surface area contributed by atoms with E-state index in [0.29, 0.717) is 6.42 Å². The Balaban J connectivity index is 1.86. The van der Waals surface area contributed by atoms with Gasteiger partial charge < -0.3 is 4.74 Å². The molecular formula is C15H18O3S2. The molecule has 0 amide bonds. The zero-order valence-corrected chi connectivity index (χ0v) is 13.0. The predicted octanol–water partition coefficient (Wildman–Crippen LogP) is 3.30. The Morgan fingerprint density at radius 1 is 1.15 bits per heavy atom. The molecule has 2 aromatic rings. The van der Waals surface area contributed by atoms with Crippen LogP contribution in [0.25, 0.3) is 0 Å². The monoisotopic (exact) mass is 310 g/mol. The van der Waals surface area contributed by atoms with Crippen LogP contribution in [0.3, 0.4) is 0 Å². The van der Waals surface area contributed by atoms with Gasteiger partial charge >= 0.3 is 0 Å². The first-order valence-corrected chi connectivity index (χ1v) is 9.15. The number of hydrogen-bond donors (Lipinski definition) is 0. The zero-order chi connectivity index (χ0) is 14.4. The molecule has 2 rings (SSSR count). The third kappa shape index (κ3) is 4.65. The minimum atomic E-state index is -3.04. The van der Waals surface area contributed by atoms with Crippen molar-refractivity contribution in [3.05, 3.63) is 52.2 Å². The summed E-state index contributed by atoms with van der Waals surface area (Å²) in [5, 5.41) is 2.02. The van der Waals surface area contributed by atoms with E-state index in [2.05, 4.69) is 0 Å². The second kappa shape index (κ2) is 6.90. The second-order valence-corrected chi connectivity index (χ2v) is 7.84. The van der Waals surface area contributed by atoms with Crippen molar-refractivity contribution < 1.29 is 13.2 Å². The first-order valence-electron chi connectivity index (χ1n) is 6.45. The standard InChI is InChI=1S/C15H18O3S2/c1-18-14-8-6-13(7-9-14)12-20(16,17)11-3-5-15-4-2-10-19-15/h2,4,6-10H,3,5,11-12H2,1H3. The number of aryl methyl sites for hydroxylation is 1. The Hall–Kier alpha value is -1.33. The van der Waals surface area contributed by atoms with Crippen LogP contribution in [0.15, 0.2) is 41.8 Å². The summed E-state index contributed by atoms with van der Waals surface area (Å²) in [6, 6.07) is 11.2. The largest absolute Gasteiger partial charge is 0.497 e. The average Bonchev–Trinajstić information content (AvgIpc) is 2.92. The van der Waals surface area contributed by atoms with Crippen molar-refractivity contribution in [1.82, 2.24) is 0 Å². The van der Waals surface area contributed by atoms with Crippen molar-refractivity contribution in [2.24, 2.45) is 0 Å². The highest BCUT2D eigenvalue weighted by Gasteiger charge is 2.12. The summed E-state index contributed by atoms with van der Waals surface area (Å²) in [7, 11) is -1.45. The Kier molecular flexibility index (Phi) is 5.20. The molecule has 0 bridgehead atoms. The summed E-state index contributed by atoms with van der Waals surface area (Å²) < 4.78 is 29.2. The molecule has 0 saturated carbocycles. The van der Waals surface area contributed by atoms with E-state index in [1.807, 2.05) is 17.5 Å². The summed E-state index contributed by atoms with van der Waals surface area (Å²) in [6.45, 7) is 0. The van der Waals surface area contributed by atoms with Gasteiger partial charge in [-0.1, -0.05) is 18.2 Å². The number of ether oxygens (including phenoxy) is 1. The van der Waals surface area contributed by atoms with Gasteiger partial charge in [0.05, 0.1) is 18.6 Å². The first kappa shape index (κ1) is 15.1. The minimum Gasteiger partial charge on any atom is -0.497 e. The maximum absolute atomic E-state index is 12.1. The van der Waals surface area contributed by atoms with E-state index < -0.39 is 9.84 Å². The Bertz CT molecular complexity index is 614. The van der Waals surface area contributed by atoms with E-state index in [9.17, 15) is 8.42 Å². The smallest absolute Gasteiger partial charge is 0.154 e. The maximum atomic E-state index is 12.1. The molecule has 3 nitrogen and oxygen atoms in total. The van der Waals surface area contributed by atoms with Gasteiger partial charge in [-0.3, -0.25) is 0 Å². The van der Waals surface area contributed by atoms with Crippen LogP contribution in [0.2, 0.25) is 0 Å². The number of sulfone groups is 1. The SMILES string of the molecule is COc1ccc(CS(=O)(=O)CCCc2cccs2)cc1. The Labute approximate surface area is 124 Å². The van der Waals surface area contributed by atoms with E-state index in [4.69, 9.17) is 4.74 Å². The highest BCUT2D eigenvalue weighted by molar-refractivity contribution is 7.90.